The van der Waals surface area contributed by atoms with Gasteiger partial charge >= 0.3 is 6.09 Å². The van der Waals surface area contributed by atoms with Crippen LogP contribution in [-0.4, -0.2) is 32.3 Å². The van der Waals surface area contributed by atoms with Crippen LogP contribution in [0.2, 0.25) is 0 Å². The van der Waals surface area contributed by atoms with Gasteiger partial charge in [0.1, 0.15) is 5.60 Å². The Morgan fingerprint density at radius 1 is 1.19 bits per heavy atom. The largest absolute Gasteiger partial charge is 0.444 e. The Kier molecular flexibility index (Phi) is 4.84. The molecule has 1 aliphatic rings. The summed E-state index contributed by atoms with van der Waals surface area (Å²) in [5.41, 5.74) is 2.23. The minimum Gasteiger partial charge on any atom is -0.444 e. The number of amides is 1. The summed E-state index contributed by atoms with van der Waals surface area (Å²) < 4.78 is 6.24. The fourth-order valence-corrected chi connectivity index (χ4v) is 3.13. The van der Waals surface area contributed by atoms with Gasteiger partial charge in [0.2, 0.25) is 11.6 Å². The van der Waals surface area contributed by atoms with Crippen molar-refractivity contribution in [2.24, 2.45) is 0 Å². The molecule has 2 heterocycles. The number of carbonyl (C=O) groups is 2. The second kappa shape index (κ2) is 6.79. The summed E-state index contributed by atoms with van der Waals surface area (Å²) in [5, 5.41) is 0. The van der Waals surface area contributed by atoms with E-state index in [0.717, 1.165) is 10.0 Å². The Hall–Kier alpha value is -2.28. The molecule has 0 N–H and O–H groups in total. The Balaban J connectivity index is 1.85. The van der Waals surface area contributed by atoms with E-state index in [9.17, 15) is 9.59 Å². The van der Waals surface area contributed by atoms with Gasteiger partial charge in [-0.2, -0.15) is 0 Å². The predicted molar refractivity (Wildman–Crippen MR) is 99.8 cm³/mol. The molecule has 0 aliphatic carbocycles. The van der Waals surface area contributed by atoms with Crippen molar-refractivity contribution in [2.45, 2.75) is 46.4 Å². The molecule has 1 aromatic heterocycles. The maximum absolute atomic E-state index is 12.7. The first-order valence-electron chi connectivity index (χ1n) is 8.28. The lowest BCUT2D eigenvalue weighted by Gasteiger charge is -2.23. The highest BCUT2D eigenvalue weighted by atomic mass is 79.9. The highest BCUT2D eigenvalue weighted by Crippen LogP contribution is 2.26. The quantitative estimate of drug-likeness (QED) is 0.689. The third kappa shape index (κ3) is 3.93. The fraction of sp³-hybridized carbons (Fsp3) is 0.368. The van der Waals surface area contributed by atoms with Crippen molar-refractivity contribution in [3.8, 4) is 0 Å². The Morgan fingerprint density at radius 3 is 2.58 bits per heavy atom. The van der Waals surface area contributed by atoms with Crippen molar-refractivity contribution in [1.82, 2.24) is 14.9 Å². The highest BCUT2D eigenvalue weighted by Gasteiger charge is 2.31. The maximum atomic E-state index is 12.7. The second-order valence-electron chi connectivity index (χ2n) is 7.23. The van der Waals surface area contributed by atoms with Crippen molar-refractivity contribution in [1.29, 1.82) is 0 Å². The second-order valence-corrected chi connectivity index (χ2v) is 8.15. The van der Waals surface area contributed by atoms with E-state index >= 15 is 0 Å². The van der Waals surface area contributed by atoms with Crippen LogP contribution in [0, 0.1) is 6.92 Å². The van der Waals surface area contributed by atoms with Crippen molar-refractivity contribution in [3.63, 3.8) is 0 Å². The van der Waals surface area contributed by atoms with Gasteiger partial charge in [0.05, 0.1) is 18.8 Å². The molecule has 1 amide bonds. The fourth-order valence-electron chi connectivity index (χ4n) is 2.74. The maximum Gasteiger partial charge on any atom is 0.410 e. The SMILES string of the molecule is Cc1nc(C(=O)c2cccc(Br)c2)nc2c1CN(C(=O)OC(C)(C)C)C2. The Labute approximate surface area is 160 Å². The summed E-state index contributed by atoms with van der Waals surface area (Å²) in [6.07, 6.45) is -0.394. The standard InChI is InChI=1S/C19H20BrN3O3/c1-11-14-9-23(18(25)26-19(2,3)4)10-15(14)22-17(21-11)16(24)12-6-5-7-13(20)8-12/h5-8H,9-10H2,1-4H3. The predicted octanol–water partition coefficient (Wildman–Crippen LogP) is 4.03. The number of ketones is 1. The number of benzene rings is 1. The molecule has 0 bridgehead atoms. The van der Waals surface area contributed by atoms with Crippen LogP contribution in [0.25, 0.3) is 0 Å². The van der Waals surface area contributed by atoms with E-state index in [1.54, 1.807) is 23.1 Å². The average molecular weight is 418 g/mol. The highest BCUT2D eigenvalue weighted by molar-refractivity contribution is 9.10. The summed E-state index contributed by atoms with van der Waals surface area (Å²) in [4.78, 5) is 35.4. The zero-order valence-corrected chi connectivity index (χ0v) is 16.8. The molecule has 0 fully saturated rings. The number of aryl methyl sites for hydroxylation is 1. The molecule has 0 atom stereocenters. The molecule has 0 spiro atoms. The third-order valence-electron chi connectivity index (χ3n) is 3.93. The molecule has 6 nitrogen and oxygen atoms in total. The zero-order chi connectivity index (χ0) is 19.1. The Morgan fingerprint density at radius 2 is 1.92 bits per heavy atom. The normalized spacial score (nSPS) is 13.5. The monoisotopic (exact) mass is 417 g/mol. The number of rotatable bonds is 2. The van der Waals surface area contributed by atoms with Gasteiger partial charge in [-0.15, -0.1) is 0 Å². The number of hydrogen-bond donors (Lipinski definition) is 0. The first-order chi connectivity index (χ1) is 12.1. The lowest BCUT2D eigenvalue weighted by molar-refractivity contribution is 0.0240. The molecule has 0 unspecified atom stereocenters. The smallest absolute Gasteiger partial charge is 0.410 e. The van der Waals surface area contributed by atoms with Gasteiger partial charge < -0.3 is 4.74 Å². The van der Waals surface area contributed by atoms with E-state index < -0.39 is 11.7 Å². The van der Waals surface area contributed by atoms with Gasteiger partial charge in [0.25, 0.3) is 0 Å². The Bertz CT molecular complexity index is 890. The average Bonchev–Trinajstić information content (AvgIpc) is 2.97. The lowest BCUT2D eigenvalue weighted by atomic mass is 10.1. The number of carbonyl (C=O) groups excluding carboxylic acids is 2. The van der Waals surface area contributed by atoms with Crippen LogP contribution in [0.4, 0.5) is 4.79 Å². The van der Waals surface area contributed by atoms with Gasteiger partial charge in [0.15, 0.2) is 0 Å². The molecule has 3 rings (SSSR count). The molecule has 1 aliphatic heterocycles. The van der Waals surface area contributed by atoms with Gasteiger partial charge in [0, 0.05) is 21.3 Å². The van der Waals surface area contributed by atoms with E-state index in [0.29, 0.717) is 30.0 Å². The van der Waals surface area contributed by atoms with E-state index in [2.05, 4.69) is 25.9 Å². The van der Waals surface area contributed by atoms with Crippen LogP contribution in [0.5, 0.6) is 0 Å². The summed E-state index contributed by atoms with van der Waals surface area (Å²) in [5.74, 6) is -0.0988. The lowest BCUT2D eigenvalue weighted by Crippen LogP contribution is -2.33. The number of aromatic nitrogens is 2. The molecule has 136 valence electrons. The molecular formula is C19H20BrN3O3. The van der Waals surface area contributed by atoms with Crippen molar-refractivity contribution in [2.75, 3.05) is 0 Å². The van der Waals surface area contributed by atoms with E-state index in [4.69, 9.17) is 4.74 Å². The summed E-state index contributed by atoms with van der Waals surface area (Å²) in [7, 11) is 0. The molecule has 7 heteroatoms. The minimum atomic E-state index is -0.561. The summed E-state index contributed by atoms with van der Waals surface area (Å²) in [6, 6.07) is 7.11. The number of ether oxygens (including phenoxy) is 1. The van der Waals surface area contributed by atoms with Crippen LogP contribution in [0.1, 0.15) is 53.9 Å². The molecule has 1 aromatic carbocycles. The van der Waals surface area contributed by atoms with Crippen molar-refractivity contribution in [3.05, 3.63) is 57.1 Å². The van der Waals surface area contributed by atoms with Gasteiger partial charge in [-0.3, -0.25) is 9.69 Å². The number of halogens is 1. The van der Waals surface area contributed by atoms with E-state index in [1.165, 1.54) is 0 Å². The first kappa shape index (κ1) is 18.5. The van der Waals surface area contributed by atoms with Gasteiger partial charge in [-0.05, 0) is 39.8 Å². The number of nitrogens with zero attached hydrogens (tertiary/aromatic N) is 3. The molecule has 2 aromatic rings. The van der Waals surface area contributed by atoms with Gasteiger partial charge in [-0.1, -0.05) is 28.1 Å². The molecule has 26 heavy (non-hydrogen) atoms. The van der Waals surface area contributed by atoms with Crippen LogP contribution < -0.4 is 0 Å². The first-order valence-corrected chi connectivity index (χ1v) is 9.08. The van der Waals surface area contributed by atoms with Gasteiger partial charge in [-0.25, -0.2) is 14.8 Å². The zero-order valence-electron chi connectivity index (χ0n) is 15.2. The van der Waals surface area contributed by atoms with Crippen LogP contribution in [0.3, 0.4) is 0 Å². The summed E-state index contributed by atoms with van der Waals surface area (Å²) in [6.45, 7) is 8.01. The van der Waals surface area contributed by atoms with Crippen molar-refractivity contribution >= 4 is 27.8 Å². The topological polar surface area (TPSA) is 72.4 Å². The van der Waals surface area contributed by atoms with Crippen molar-refractivity contribution < 1.29 is 14.3 Å². The van der Waals surface area contributed by atoms with Crippen LogP contribution in [-0.2, 0) is 17.8 Å². The van der Waals surface area contributed by atoms with E-state index in [-0.39, 0.29) is 11.6 Å². The molecule has 0 saturated carbocycles. The molecular weight excluding hydrogens is 398 g/mol. The third-order valence-corrected chi connectivity index (χ3v) is 4.42. The number of fused-ring (bicyclic) bond motifs is 1. The summed E-state index contributed by atoms with van der Waals surface area (Å²) >= 11 is 3.36. The van der Waals surface area contributed by atoms with Crippen LogP contribution in [0.15, 0.2) is 28.7 Å². The van der Waals surface area contributed by atoms with Crippen LogP contribution >= 0.6 is 15.9 Å². The molecule has 0 saturated heterocycles. The van der Waals surface area contributed by atoms with E-state index in [1.807, 2.05) is 33.8 Å². The number of hydrogen-bond acceptors (Lipinski definition) is 5. The molecule has 0 radical (unpaired) electrons. The minimum absolute atomic E-state index is 0.144.